The summed E-state index contributed by atoms with van der Waals surface area (Å²) in [5.74, 6) is 0.0876. The number of nitriles is 1. The van der Waals surface area contributed by atoms with Crippen molar-refractivity contribution in [2.75, 3.05) is 30.4 Å². The molecule has 1 aliphatic rings. The summed E-state index contributed by atoms with van der Waals surface area (Å²) in [6.45, 7) is 1.80. The number of aromatic nitrogens is 2. The lowest BCUT2D eigenvalue weighted by atomic mass is 10.1. The third kappa shape index (κ3) is 4.83. The maximum Gasteiger partial charge on any atom is 0.284 e. The predicted molar refractivity (Wildman–Crippen MR) is 121 cm³/mol. The molecule has 33 heavy (non-hydrogen) atoms. The van der Waals surface area contributed by atoms with Gasteiger partial charge in [0.05, 0.1) is 23.7 Å². The van der Waals surface area contributed by atoms with E-state index >= 15 is 0 Å². The highest BCUT2D eigenvalue weighted by atomic mass is 32.1. The van der Waals surface area contributed by atoms with Crippen molar-refractivity contribution in [2.45, 2.75) is 12.8 Å². The van der Waals surface area contributed by atoms with Crippen LogP contribution in [-0.4, -0.2) is 41.2 Å². The molecule has 1 N–H and O–H groups in total. The summed E-state index contributed by atoms with van der Waals surface area (Å²) >= 11 is 1.24. The van der Waals surface area contributed by atoms with Gasteiger partial charge in [0.15, 0.2) is 0 Å². The minimum atomic E-state index is -0.657. The highest BCUT2D eigenvalue weighted by molar-refractivity contribution is 7.19. The van der Waals surface area contributed by atoms with Gasteiger partial charge in [0.1, 0.15) is 28.9 Å². The molecule has 12 heteroatoms. The number of carbonyl (C=O) groups excluding carboxylic acids is 1. The number of carbonyl (C=O) groups is 1. The minimum Gasteiger partial charge on any atom is -0.497 e. The third-order valence-electron chi connectivity index (χ3n) is 4.96. The average molecular weight is 466 g/mol. The zero-order valence-electron chi connectivity index (χ0n) is 17.5. The molecule has 2 aromatic heterocycles. The Hall–Kier alpha value is -4.24. The molecule has 0 spiro atoms. The lowest BCUT2D eigenvalue weighted by molar-refractivity contribution is -0.384. The van der Waals surface area contributed by atoms with Gasteiger partial charge in [-0.2, -0.15) is 5.26 Å². The van der Waals surface area contributed by atoms with Crippen LogP contribution in [0.3, 0.4) is 0 Å². The Morgan fingerprint density at radius 3 is 2.82 bits per heavy atom. The molecule has 3 aromatic rings. The summed E-state index contributed by atoms with van der Waals surface area (Å²) in [6, 6.07) is 9.26. The van der Waals surface area contributed by atoms with Crippen LogP contribution in [-0.2, 0) is 4.79 Å². The molecule has 11 nitrogen and oxygen atoms in total. The number of anilines is 2. The zero-order chi connectivity index (χ0) is 23.4. The maximum absolute atomic E-state index is 12.5. The van der Waals surface area contributed by atoms with Crippen LogP contribution in [0.25, 0.3) is 17.4 Å². The first-order valence-corrected chi connectivity index (χ1v) is 10.7. The smallest absolute Gasteiger partial charge is 0.284 e. The highest BCUT2D eigenvalue weighted by Crippen LogP contribution is 2.34. The van der Waals surface area contributed by atoms with Crippen LogP contribution in [0.2, 0.25) is 0 Å². The molecule has 0 aliphatic carbocycles. The van der Waals surface area contributed by atoms with Crippen LogP contribution in [0.4, 0.5) is 16.0 Å². The fourth-order valence-corrected chi connectivity index (χ4v) is 4.12. The van der Waals surface area contributed by atoms with Crippen molar-refractivity contribution in [3.05, 3.63) is 51.8 Å². The van der Waals surface area contributed by atoms with E-state index < -0.39 is 10.8 Å². The van der Waals surface area contributed by atoms with Crippen LogP contribution in [0.1, 0.15) is 18.6 Å². The number of benzene rings is 1. The number of nitro benzene ring substituents is 1. The number of nitro groups is 1. The van der Waals surface area contributed by atoms with Gasteiger partial charge in [0.25, 0.3) is 11.6 Å². The van der Waals surface area contributed by atoms with E-state index in [1.54, 1.807) is 6.07 Å². The van der Waals surface area contributed by atoms with E-state index in [0.717, 1.165) is 31.1 Å². The molecule has 4 rings (SSSR count). The Balaban J connectivity index is 1.52. The molecular weight excluding hydrogens is 448 g/mol. The lowest BCUT2D eigenvalue weighted by Crippen LogP contribution is -2.17. The Kier molecular flexibility index (Phi) is 6.32. The molecule has 1 saturated heterocycles. The van der Waals surface area contributed by atoms with E-state index in [4.69, 9.17) is 9.15 Å². The van der Waals surface area contributed by atoms with Gasteiger partial charge in [-0.05, 0) is 37.1 Å². The van der Waals surface area contributed by atoms with Gasteiger partial charge in [0.2, 0.25) is 10.3 Å². The van der Waals surface area contributed by atoms with Crippen molar-refractivity contribution < 1.29 is 18.9 Å². The van der Waals surface area contributed by atoms with E-state index in [0.29, 0.717) is 5.75 Å². The first-order valence-electron chi connectivity index (χ1n) is 9.92. The van der Waals surface area contributed by atoms with Crippen molar-refractivity contribution in [1.82, 2.24) is 10.2 Å². The molecular formula is C21H18N6O5S. The van der Waals surface area contributed by atoms with E-state index in [1.807, 2.05) is 6.07 Å². The Bertz CT molecular complexity index is 1270. The number of nitrogens with one attached hydrogen (secondary N) is 1. The van der Waals surface area contributed by atoms with Crippen LogP contribution >= 0.6 is 11.3 Å². The van der Waals surface area contributed by atoms with Crippen molar-refractivity contribution in [2.24, 2.45) is 0 Å². The molecule has 0 bridgehead atoms. The quantitative estimate of drug-likeness (QED) is 0.237. The standard InChI is InChI=1S/C21H18N6O5S/c1-31-14-4-6-16(17(11-14)27(29)30)18-7-5-15(32-18)10-13(12-22)19(28)23-20-24-25-21(33-20)26-8-2-3-9-26/h4-7,10-11H,2-3,8-9H2,1H3,(H,23,24,28)/b13-10-. The van der Waals surface area contributed by atoms with Crippen molar-refractivity contribution in [3.8, 4) is 23.1 Å². The van der Waals surface area contributed by atoms with Gasteiger partial charge < -0.3 is 14.1 Å². The summed E-state index contributed by atoms with van der Waals surface area (Å²) < 4.78 is 10.7. The second-order valence-corrected chi connectivity index (χ2v) is 8.01. The number of furan rings is 1. The Morgan fingerprint density at radius 2 is 2.12 bits per heavy atom. The number of amides is 1. The van der Waals surface area contributed by atoms with E-state index in [9.17, 15) is 20.2 Å². The fraction of sp³-hybridized carbons (Fsp3) is 0.238. The molecule has 1 aliphatic heterocycles. The van der Waals surface area contributed by atoms with Gasteiger partial charge in [0, 0.05) is 19.2 Å². The molecule has 1 fully saturated rings. The zero-order valence-corrected chi connectivity index (χ0v) is 18.3. The van der Waals surface area contributed by atoms with E-state index in [2.05, 4.69) is 20.4 Å². The van der Waals surface area contributed by atoms with Crippen LogP contribution in [0.5, 0.6) is 5.75 Å². The van der Waals surface area contributed by atoms with Gasteiger partial charge in [-0.1, -0.05) is 11.3 Å². The number of rotatable bonds is 7. The number of methoxy groups -OCH3 is 1. The highest BCUT2D eigenvalue weighted by Gasteiger charge is 2.21. The number of hydrogen-bond acceptors (Lipinski definition) is 10. The molecule has 0 atom stereocenters. The number of nitrogens with zero attached hydrogens (tertiary/aromatic N) is 5. The molecule has 0 saturated carbocycles. The van der Waals surface area contributed by atoms with Crippen molar-refractivity contribution in [1.29, 1.82) is 5.26 Å². The fourth-order valence-electron chi connectivity index (χ4n) is 3.33. The van der Waals surface area contributed by atoms with Crippen molar-refractivity contribution in [3.63, 3.8) is 0 Å². The molecule has 1 aromatic carbocycles. The Labute approximate surface area is 192 Å². The van der Waals surface area contributed by atoms with Gasteiger partial charge in [-0.3, -0.25) is 20.2 Å². The summed E-state index contributed by atoms with van der Waals surface area (Å²) in [6.07, 6.45) is 3.44. The summed E-state index contributed by atoms with van der Waals surface area (Å²) in [7, 11) is 1.41. The topological polar surface area (TPSA) is 147 Å². The van der Waals surface area contributed by atoms with Crippen LogP contribution in [0, 0.1) is 21.4 Å². The van der Waals surface area contributed by atoms with E-state index in [1.165, 1.54) is 48.8 Å². The average Bonchev–Trinajstić information content (AvgIpc) is 3.58. The SMILES string of the molecule is COc1ccc(-c2ccc(/C=C(/C#N)C(=O)Nc3nnc(N4CCCC4)s3)o2)c([N+](=O)[O-])c1. The third-order valence-corrected chi connectivity index (χ3v) is 5.86. The second kappa shape index (κ2) is 9.49. The van der Waals surface area contributed by atoms with Crippen molar-refractivity contribution >= 4 is 39.3 Å². The number of ether oxygens (including phenoxy) is 1. The molecule has 3 heterocycles. The molecule has 0 unspecified atom stereocenters. The molecule has 168 valence electrons. The largest absolute Gasteiger partial charge is 0.497 e. The monoisotopic (exact) mass is 466 g/mol. The number of hydrogen-bond donors (Lipinski definition) is 1. The molecule has 0 radical (unpaired) electrons. The molecule has 1 amide bonds. The van der Waals surface area contributed by atoms with Gasteiger partial charge >= 0.3 is 0 Å². The van der Waals surface area contributed by atoms with Gasteiger partial charge in [-0.15, -0.1) is 10.2 Å². The van der Waals surface area contributed by atoms with Crippen LogP contribution < -0.4 is 15.0 Å². The first-order chi connectivity index (χ1) is 16.0. The summed E-state index contributed by atoms with van der Waals surface area (Å²) in [5, 5.41) is 32.5. The van der Waals surface area contributed by atoms with E-state index in [-0.39, 0.29) is 33.5 Å². The second-order valence-electron chi connectivity index (χ2n) is 7.05. The van der Waals surface area contributed by atoms with Crippen LogP contribution in [0.15, 0.2) is 40.3 Å². The van der Waals surface area contributed by atoms with Gasteiger partial charge in [-0.25, -0.2) is 0 Å². The summed E-state index contributed by atoms with van der Waals surface area (Å²) in [4.78, 5) is 25.5. The normalized spacial score (nSPS) is 13.6. The Morgan fingerprint density at radius 1 is 1.33 bits per heavy atom. The minimum absolute atomic E-state index is 0.192. The maximum atomic E-state index is 12.5. The summed E-state index contributed by atoms with van der Waals surface area (Å²) in [5.41, 5.74) is -0.160. The lowest BCUT2D eigenvalue weighted by Gasteiger charge is -2.10. The predicted octanol–water partition coefficient (Wildman–Crippen LogP) is 3.86. The first kappa shape index (κ1) is 22.0.